The number of carbonyl (C=O) groups excluding carboxylic acids is 1. The Labute approximate surface area is 90.1 Å². The van der Waals surface area contributed by atoms with E-state index in [1.54, 1.807) is 6.20 Å². The summed E-state index contributed by atoms with van der Waals surface area (Å²) in [6.07, 6.45) is 1.72. The van der Waals surface area contributed by atoms with Crippen LogP contribution < -0.4 is 5.32 Å². The molecule has 0 aliphatic heterocycles. The monoisotopic (exact) mass is 207 g/mol. The first-order valence-corrected chi connectivity index (χ1v) is 5.14. The minimum Gasteiger partial charge on any atom is -0.309 e. The molecule has 4 heteroatoms. The van der Waals surface area contributed by atoms with E-state index in [1.165, 1.54) is 0 Å². The Kier molecular flexibility index (Phi) is 3.77. The zero-order chi connectivity index (χ0) is 11.4. The van der Waals surface area contributed by atoms with Gasteiger partial charge in [-0.05, 0) is 17.5 Å². The molecule has 0 aromatic carbocycles. The van der Waals surface area contributed by atoms with Gasteiger partial charge in [-0.15, -0.1) is 5.10 Å². The lowest BCUT2D eigenvalue weighted by atomic mass is 10.1. The SMILES string of the molecule is CC(C)C(=O)Nc1cc(C(C)C)cnn1. The van der Waals surface area contributed by atoms with Gasteiger partial charge in [-0.25, -0.2) is 0 Å². The molecule has 0 atom stereocenters. The standard InChI is InChI=1S/C11H17N3O/c1-7(2)9-5-10(14-12-6-9)13-11(15)8(3)4/h5-8H,1-4H3,(H,13,14,15). The third-order valence-electron chi connectivity index (χ3n) is 2.12. The minimum absolute atomic E-state index is 0.0368. The van der Waals surface area contributed by atoms with Crippen molar-refractivity contribution in [3.8, 4) is 0 Å². The number of carbonyl (C=O) groups is 1. The normalized spacial score (nSPS) is 10.8. The fraction of sp³-hybridized carbons (Fsp3) is 0.545. The molecule has 0 fully saturated rings. The fourth-order valence-electron chi connectivity index (χ4n) is 1.03. The van der Waals surface area contributed by atoms with Gasteiger partial charge in [0, 0.05) is 5.92 Å². The van der Waals surface area contributed by atoms with Crippen LogP contribution in [0.5, 0.6) is 0 Å². The highest BCUT2D eigenvalue weighted by atomic mass is 16.1. The van der Waals surface area contributed by atoms with Crippen molar-refractivity contribution < 1.29 is 4.79 Å². The first-order chi connectivity index (χ1) is 7.00. The van der Waals surface area contributed by atoms with Crippen LogP contribution in [-0.4, -0.2) is 16.1 Å². The van der Waals surface area contributed by atoms with Gasteiger partial charge in [-0.3, -0.25) is 4.79 Å². The molecule has 1 heterocycles. The number of nitrogens with one attached hydrogen (secondary N) is 1. The molecule has 1 aromatic rings. The summed E-state index contributed by atoms with van der Waals surface area (Å²) in [4.78, 5) is 11.4. The highest BCUT2D eigenvalue weighted by molar-refractivity contribution is 5.91. The molecule has 0 aliphatic rings. The summed E-state index contributed by atoms with van der Waals surface area (Å²) >= 11 is 0. The maximum absolute atomic E-state index is 11.4. The molecule has 0 unspecified atom stereocenters. The van der Waals surface area contributed by atoms with Crippen molar-refractivity contribution in [1.29, 1.82) is 0 Å². The zero-order valence-corrected chi connectivity index (χ0v) is 9.61. The number of anilines is 1. The second kappa shape index (κ2) is 4.87. The lowest BCUT2D eigenvalue weighted by molar-refractivity contribution is -0.118. The molecular formula is C11H17N3O. The van der Waals surface area contributed by atoms with E-state index >= 15 is 0 Å². The molecule has 0 bridgehead atoms. The summed E-state index contributed by atoms with van der Waals surface area (Å²) in [6, 6.07) is 1.86. The van der Waals surface area contributed by atoms with Crippen LogP contribution in [0.1, 0.15) is 39.2 Å². The van der Waals surface area contributed by atoms with Gasteiger partial charge in [0.2, 0.25) is 5.91 Å². The summed E-state index contributed by atoms with van der Waals surface area (Å²) in [6.45, 7) is 7.83. The number of rotatable bonds is 3. The van der Waals surface area contributed by atoms with Gasteiger partial charge in [-0.2, -0.15) is 5.10 Å². The summed E-state index contributed by atoms with van der Waals surface area (Å²) in [5.41, 5.74) is 1.07. The summed E-state index contributed by atoms with van der Waals surface area (Å²) in [7, 11) is 0. The Morgan fingerprint density at radius 2 is 2.00 bits per heavy atom. The van der Waals surface area contributed by atoms with Gasteiger partial charge >= 0.3 is 0 Å². The van der Waals surface area contributed by atoms with Gasteiger partial charge in [0.05, 0.1) is 6.20 Å². The smallest absolute Gasteiger partial charge is 0.228 e. The number of hydrogen-bond donors (Lipinski definition) is 1. The summed E-state index contributed by atoms with van der Waals surface area (Å²) < 4.78 is 0. The third kappa shape index (κ3) is 3.31. The summed E-state index contributed by atoms with van der Waals surface area (Å²) in [5, 5.41) is 10.4. The van der Waals surface area contributed by atoms with Crippen molar-refractivity contribution in [3.05, 3.63) is 17.8 Å². The maximum atomic E-state index is 11.4. The van der Waals surface area contributed by atoms with Crippen LogP contribution >= 0.6 is 0 Å². The average molecular weight is 207 g/mol. The van der Waals surface area contributed by atoms with Gasteiger partial charge in [0.15, 0.2) is 5.82 Å². The molecular weight excluding hydrogens is 190 g/mol. The van der Waals surface area contributed by atoms with Gasteiger partial charge in [0.1, 0.15) is 0 Å². The van der Waals surface area contributed by atoms with Crippen molar-refractivity contribution in [2.45, 2.75) is 33.6 Å². The second-order valence-electron chi connectivity index (χ2n) is 4.17. The maximum Gasteiger partial charge on any atom is 0.228 e. The predicted octanol–water partition coefficient (Wildman–Crippen LogP) is 2.19. The topological polar surface area (TPSA) is 54.9 Å². The van der Waals surface area contributed by atoms with Crippen molar-refractivity contribution in [1.82, 2.24) is 10.2 Å². The molecule has 4 nitrogen and oxygen atoms in total. The number of amides is 1. The van der Waals surface area contributed by atoms with E-state index in [0.29, 0.717) is 11.7 Å². The quantitative estimate of drug-likeness (QED) is 0.826. The van der Waals surface area contributed by atoms with Crippen molar-refractivity contribution in [2.75, 3.05) is 5.32 Å². The Morgan fingerprint density at radius 1 is 1.33 bits per heavy atom. The van der Waals surface area contributed by atoms with Gasteiger partial charge < -0.3 is 5.32 Å². The lowest BCUT2D eigenvalue weighted by Crippen LogP contribution is -2.18. The van der Waals surface area contributed by atoms with Crippen molar-refractivity contribution >= 4 is 11.7 Å². The highest BCUT2D eigenvalue weighted by Crippen LogP contribution is 2.15. The van der Waals surface area contributed by atoms with Crippen LogP contribution in [0.2, 0.25) is 0 Å². The molecule has 1 N–H and O–H groups in total. The van der Waals surface area contributed by atoms with E-state index in [4.69, 9.17) is 0 Å². The predicted molar refractivity (Wildman–Crippen MR) is 59.6 cm³/mol. The first kappa shape index (κ1) is 11.6. The Hall–Kier alpha value is -1.45. The third-order valence-corrected chi connectivity index (χ3v) is 2.12. The van der Waals surface area contributed by atoms with Gasteiger partial charge in [-0.1, -0.05) is 27.7 Å². The Morgan fingerprint density at radius 3 is 2.53 bits per heavy atom. The largest absolute Gasteiger partial charge is 0.309 e. The molecule has 1 amide bonds. The van der Waals surface area contributed by atoms with Crippen LogP contribution in [0, 0.1) is 5.92 Å². The summed E-state index contributed by atoms with van der Waals surface area (Å²) in [5.74, 6) is 0.829. The van der Waals surface area contributed by atoms with E-state index in [-0.39, 0.29) is 11.8 Å². The van der Waals surface area contributed by atoms with Crippen LogP contribution in [0.25, 0.3) is 0 Å². The molecule has 1 aromatic heterocycles. The molecule has 15 heavy (non-hydrogen) atoms. The van der Waals surface area contributed by atoms with E-state index in [9.17, 15) is 4.79 Å². The molecule has 1 rings (SSSR count). The van der Waals surface area contributed by atoms with E-state index in [0.717, 1.165) is 5.56 Å². The van der Waals surface area contributed by atoms with Crippen LogP contribution in [-0.2, 0) is 4.79 Å². The van der Waals surface area contributed by atoms with Crippen molar-refractivity contribution in [3.63, 3.8) is 0 Å². The number of hydrogen-bond acceptors (Lipinski definition) is 3. The van der Waals surface area contributed by atoms with E-state index in [2.05, 4.69) is 29.4 Å². The highest BCUT2D eigenvalue weighted by Gasteiger charge is 2.09. The van der Waals surface area contributed by atoms with E-state index < -0.39 is 0 Å². The minimum atomic E-state index is -0.0468. The average Bonchev–Trinajstić information content (AvgIpc) is 2.18. The Balaban J connectivity index is 2.78. The zero-order valence-electron chi connectivity index (χ0n) is 9.61. The first-order valence-electron chi connectivity index (χ1n) is 5.14. The van der Waals surface area contributed by atoms with E-state index in [1.807, 2.05) is 19.9 Å². The molecule has 0 spiro atoms. The lowest BCUT2D eigenvalue weighted by Gasteiger charge is -2.08. The number of aromatic nitrogens is 2. The molecule has 0 radical (unpaired) electrons. The van der Waals surface area contributed by atoms with Crippen LogP contribution in [0.3, 0.4) is 0 Å². The molecule has 0 saturated carbocycles. The fourth-order valence-corrected chi connectivity index (χ4v) is 1.03. The second-order valence-corrected chi connectivity index (χ2v) is 4.17. The van der Waals surface area contributed by atoms with Crippen LogP contribution in [0.4, 0.5) is 5.82 Å². The number of nitrogens with zero attached hydrogens (tertiary/aromatic N) is 2. The molecule has 0 aliphatic carbocycles. The Bertz CT molecular complexity index is 347. The molecule has 0 saturated heterocycles. The molecule has 82 valence electrons. The van der Waals surface area contributed by atoms with Crippen LogP contribution in [0.15, 0.2) is 12.3 Å². The van der Waals surface area contributed by atoms with Crippen molar-refractivity contribution in [2.24, 2.45) is 5.92 Å². The van der Waals surface area contributed by atoms with Gasteiger partial charge in [0.25, 0.3) is 0 Å².